The van der Waals surface area contributed by atoms with E-state index in [1.54, 1.807) is 19.1 Å². The van der Waals surface area contributed by atoms with Gasteiger partial charge in [-0.3, -0.25) is 0 Å². The molecule has 2 heterocycles. The first-order valence-corrected chi connectivity index (χ1v) is 6.14. The van der Waals surface area contributed by atoms with Crippen LogP contribution in [0, 0.1) is 6.92 Å². The van der Waals surface area contributed by atoms with Gasteiger partial charge < -0.3 is 15.2 Å². The minimum absolute atomic E-state index is 0.236. The molecule has 2 unspecified atom stereocenters. The standard InChI is InChI=1S/C13H18N2O3/c1-8-5-10(13(16)17)7-12(14-8)15-11-3-4-18-9(2)6-11/h5,7,9,11H,3-4,6H2,1-2H3,(H,14,15)(H,16,17). The van der Waals surface area contributed by atoms with E-state index in [9.17, 15) is 4.79 Å². The van der Waals surface area contributed by atoms with Crippen LogP contribution < -0.4 is 5.32 Å². The summed E-state index contributed by atoms with van der Waals surface area (Å²) in [4.78, 5) is 15.3. The van der Waals surface area contributed by atoms with Crippen LogP contribution in [0.2, 0.25) is 0 Å². The average Bonchev–Trinajstić information content (AvgIpc) is 2.28. The fourth-order valence-corrected chi connectivity index (χ4v) is 2.20. The van der Waals surface area contributed by atoms with Gasteiger partial charge in [-0.05, 0) is 38.8 Å². The molecule has 1 fully saturated rings. The topological polar surface area (TPSA) is 71.5 Å². The molecule has 0 aliphatic carbocycles. The molecule has 0 saturated carbocycles. The van der Waals surface area contributed by atoms with E-state index in [-0.39, 0.29) is 11.7 Å². The van der Waals surface area contributed by atoms with Crippen molar-refractivity contribution >= 4 is 11.8 Å². The lowest BCUT2D eigenvalue weighted by atomic mass is 10.0. The lowest BCUT2D eigenvalue weighted by molar-refractivity contribution is 0.0231. The monoisotopic (exact) mass is 250 g/mol. The normalized spacial score (nSPS) is 23.7. The first-order valence-electron chi connectivity index (χ1n) is 6.14. The minimum atomic E-state index is -0.927. The van der Waals surface area contributed by atoms with Crippen LogP contribution in [0.3, 0.4) is 0 Å². The third kappa shape index (κ3) is 3.20. The fourth-order valence-electron chi connectivity index (χ4n) is 2.20. The predicted octanol–water partition coefficient (Wildman–Crippen LogP) is 2.07. The molecule has 0 radical (unpaired) electrons. The highest BCUT2D eigenvalue weighted by atomic mass is 16.5. The molecule has 1 aliphatic heterocycles. The molecule has 1 aromatic rings. The molecule has 0 bridgehead atoms. The number of nitrogens with zero attached hydrogens (tertiary/aromatic N) is 1. The van der Waals surface area contributed by atoms with Crippen molar-refractivity contribution in [1.29, 1.82) is 0 Å². The zero-order valence-corrected chi connectivity index (χ0v) is 10.6. The second-order valence-corrected chi connectivity index (χ2v) is 4.73. The van der Waals surface area contributed by atoms with E-state index in [4.69, 9.17) is 9.84 Å². The van der Waals surface area contributed by atoms with E-state index in [1.807, 2.05) is 6.92 Å². The number of pyridine rings is 1. The van der Waals surface area contributed by atoms with Crippen molar-refractivity contribution in [2.24, 2.45) is 0 Å². The Morgan fingerprint density at radius 3 is 3.00 bits per heavy atom. The second-order valence-electron chi connectivity index (χ2n) is 4.73. The number of aromatic nitrogens is 1. The number of carboxylic acid groups (broad SMARTS) is 1. The molecule has 0 aromatic carbocycles. The summed E-state index contributed by atoms with van der Waals surface area (Å²) in [5.41, 5.74) is 0.975. The number of carbonyl (C=O) groups is 1. The van der Waals surface area contributed by atoms with Gasteiger partial charge in [0.05, 0.1) is 11.7 Å². The molecule has 1 aliphatic rings. The summed E-state index contributed by atoms with van der Waals surface area (Å²) in [5.74, 6) is -0.296. The molecule has 2 atom stereocenters. The van der Waals surface area contributed by atoms with E-state index in [0.717, 1.165) is 19.4 Å². The van der Waals surface area contributed by atoms with E-state index in [0.29, 0.717) is 17.6 Å². The Balaban J connectivity index is 2.10. The van der Waals surface area contributed by atoms with Crippen LogP contribution in [0.1, 0.15) is 35.8 Å². The van der Waals surface area contributed by atoms with Crippen LogP contribution in [-0.2, 0) is 4.74 Å². The van der Waals surface area contributed by atoms with Crippen LogP contribution in [0.4, 0.5) is 5.82 Å². The number of ether oxygens (including phenoxy) is 1. The van der Waals surface area contributed by atoms with E-state index < -0.39 is 5.97 Å². The molecular weight excluding hydrogens is 232 g/mol. The number of rotatable bonds is 3. The van der Waals surface area contributed by atoms with Gasteiger partial charge >= 0.3 is 5.97 Å². The highest BCUT2D eigenvalue weighted by Crippen LogP contribution is 2.18. The molecule has 1 aromatic heterocycles. The van der Waals surface area contributed by atoms with Crippen LogP contribution in [0.25, 0.3) is 0 Å². The van der Waals surface area contributed by atoms with Crippen LogP contribution in [0.15, 0.2) is 12.1 Å². The molecule has 0 amide bonds. The zero-order valence-electron chi connectivity index (χ0n) is 10.6. The molecular formula is C13H18N2O3. The Hall–Kier alpha value is -1.62. The lowest BCUT2D eigenvalue weighted by Crippen LogP contribution is -2.32. The summed E-state index contributed by atoms with van der Waals surface area (Å²) in [5, 5.41) is 12.3. The van der Waals surface area contributed by atoms with Gasteiger partial charge in [0.25, 0.3) is 0 Å². The highest BCUT2D eigenvalue weighted by Gasteiger charge is 2.19. The molecule has 5 nitrogen and oxygen atoms in total. The highest BCUT2D eigenvalue weighted by molar-refractivity contribution is 5.88. The number of hydrogen-bond acceptors (Lipinski definition) is 4. The number of aryl methyl sites for hydroxylation is 1. The van der Waals surface area contributed by atoms with Crippen LogP contribution >= 0.6 is 0 Å². The van der Waals surface area contributed by atoms with Crippen LogP contribution in [0.5, 0.6) is 0 Å². The van der Waals surface area contributed by atoms with Gasteiger partial charge in [0.15, 0.2) is 0 Å². The fraction of sp³-hybridized carbons (Fsp3) is 0.538. The number of anilines is 1. The van der Waals surface area contributed by atoms with E-state index >= 15 is 0 Å². The smallest absolute Gasteiger partial charge is 0.335 e. The molecule has 18 heavy (non-hydrogen) atoms. The lowest BCUT2D eigenvalue weighted by Gasteiger charge is -2.28. The molecule has 98 valence electrons. The molecule has 2 rings (SSSR count). The summed E-state index contributed by atoms with van der Waals surface area (Å²) in [6.45, 7) is 4.57. The zero-order chi connectivity index (χ0) is 13.1. The minimum Gasteiger partial charge on any atom is -0.478 e. The molecule has 5 heteroatoms. The second kappa shape index (κ2) is 5.35. The number of hydrogen-bond donors (Lipinski definition) is 2. The van der Waals surface area contributed by atoms with Gasteiger partial charge in [0, 0.05) is 18.3 Å². The Morgan fingerprint density at radius 1 is 1.56 bits per heavy atom. The summed E-state index contributed by atoms with van der Waals surface area (Å²) in [6, 6.07) is 3.44. The number of carboxylic acids is 1. The van der Waals surface area contributed by atoms with Gasteiger partial charge in [0.2, 0.25) is 0 Å². The van der Waals surface area contributed by atoms with E-state index in [2.05, 4.69) is 10.3 Å². The van der Waals surface area contributed by atoms with Gasteiger partial charge in [-0.25, -0.2) is 9.78 Å². The van der Waals surface area contributed by atoms with Crippen LogP contribution in [-0.4, -0.2) is 34.8 Å². The third-order valence-electron chi connectivity index (χ3n) is 3.04. The average molecular weight is 250 g/mol. The summed E-state index contributed by atoms with van der Waals surface area (Å²) in [7, 11) is 0. The predicted molar refractivity (Wildman–Crippen MR) is 68.0 cm³/mol. The first-order chi connectivity index (χ1) is 8.54. The van der Waals surface area contributed by atoms with Crippen molar-refractivity contribution in [3.63, 3.8) is 0 Å². The third-order valence-corrected chi connectivity index (χ3v) is 3.04. The Morgan fingerprint density at radius 2 is 2.33 bits per heavy atom. The largest absolute Gasteiger partial charge is 0.478 e. The van der Waals surface area contributed by atoms with Crippen molar-refractivity contribution in [3.05, 3.63) is 23.4 Å². The number of nitrogens with one attached hydrogen (secondary N) is 1. The number of aromatic carboxylic acids is 1. The first kappa shape index (κ1) is 12.8. The van der Waals surface area contributed by atoms with Crippen molar-refractivity contribution in [2.45, 2.75) is 38.8 Å². The van der Waals surface area contributed by atoms with Gasteiger partial charge in [-0.15, -0.1) is 0 Å². The van der Waals surface area contributed by atoms with Crippen molar-refractivity contribution in [3.8, 4) is 0 Å². The van der Waals surface area contributed by atoms with Gasteiger partial charge in [-0.1, -0.05) is 0 Å². The Bertz CT molecular complexity index is 448. The van der Waals surface area contributed by atoms with Gasteiger partial charge in [-0.2, -0.15) is 0 Å². The quantitative estimate of drug-likeness (QED) is 0.859. The van der Waals surface area contributed by atoms with Crippen molar-refractivity contribution < 1.29 is 14.6 Å². The molecule has 2 N–H and O–H groups in total. The SMILES string of the molecule is Cc1cc(C(=O)O)cc(NC2CCOC(C)C2)n1. The van der Waals surface area contributed by atoms with Gasteiger partial charge in [0.1, 0.15) is 5.82 Å². The summed E-state index contributed by atoms with van der Waals surface area (Å²) >= 11 is 0. The maximum atomic E-state index is 11.0. The molecule has 1 saturated heterocycles. The van der Waals surface area contributed by atoms with Crippen molar-refractivity contribution in [1.82, 2.24) is 4.98 Å². The summed E-state index contributed by atoms with van der Waals surface area (Å²) < 4.78 is 5.48. The Kier molecular flexibility index (Phi) is 3.81. The molecule has 0 spiro atoms. The maximum absolute atomic E-state index is 11.0. The maximum Gasteiger partial charge on any atom is 0.335 e. The Labute approximate surface area is 106 Å². The van der Waals surface area contributed by atoms with Crippen molar-refractivity contribution in [2.75, 3.05) is 11.9 Å². The summed E-state index contributed by atoms with van der Waals surface area (Å²) in [6.07, 6.45) is 2.07. The van der Waals surface area contributed by atoms with E-state index in [1.165, 1.54) is 0 Å².